The van der Waals surface area contributed by atoms with Crippen LogP contribution >= 0.6 is 11.6 Å². The second kappa shape index (κ2) is 15.2. The largest absolute Gasteiger partial charge is 0.461 e. The van der Waals surface area contributed by atoms with Crippen molar-refractivity contribution in [2.45, 2.75) is 43.4 Å². The summed E-state index contributed by atoms with van der Waals surface area (Å²) in [5.41, 5.74) is 5.69. The third kappa shape index (κ3) is 6.99. The predicted octanol–water partition coefficient (Wildman–Crippen LogP) is 4.39. The first-order valence-corrected chi connectivity index (χ1v) is 18.7. The first kappa shape index (κ1) is 36.2. The number of nitrogens with two attached hydrogens (primary N) is 1. The summed E-state index contributed by atoms with van der Waals surface area (Å²) in [5.74, 6) is -0.424. The van der Waals surface area contributed by atoms with Crippen molar-refractivity contribution in [3.63, 3.8) is 0 Å². The fourth-order valence-corrected chi connectivity index (χ4v) is 8.67. The van der Waals surface area contributed by atoms with Gasteiger partial charge in [0.15, 0.2) is 5.82 Å². The van der Waals surface area contributed by atoms with Crippen molar-refractivity contribution >= 4 is 50.8 Å². The van der Waals surface area contributed by atoms with E-state index in [2.05, 4.69) is 30.8 Å². The number of pyridine rings is 2. The predicted molar refractivity (Wildman–Crippen MR) is 200 cm³/mol. The average molecular weight is 759 g/mol. The van der Waals surface area contributed by atoms with E-state index >= 15 is 4.39 Å². The number of morpholine rings is 1. The molecule has 2 N–H and O–H groups in total. The number of hydrogen-bond donors (Lipinski definition) is 1. The Hall–Kier alpha value is -4.75. The molecular formula is C38H41ClF2N10O3. The molecule has 0 spiro atoms. The zero-order chi connectivity index (χ0) is 37.4. The number of fused-ring (bicyclic) bond motifs is 3. The minimum atomic E-state index is -0.953. The molecule has 7 heterocycles. The van der Waals surface area contributed by atoms with Crippen LogP contribution in [0, 0.1) is 17.1 Å². The molecule has 16 heteroatoms. The van der Waals surface area contributed by atoms with Crippen molar-refractivity contribution < 1.29 is 23.0 Å². The quantitative estimate of drug-likeness (QED) is 0.241. The maximum atomic E-state index is 17.0. The Labute approximate surface area is 316 Å². The monoisotopic (exact) mass is 758 g/mol. The molecule has 3 aromatic heterocycles. The number of carbonyl (C=O) groups excluding carboxylic acids is 1. The number of nitriles is 1. The van der Waals surface area contributed by atoms with Gasteiger partial charge in [-0.15, -0.1) is 0 Å². The molecule has 282 valence electrons. The van der Waals surface area contributed by atoms with E-state index in [1.807, 2.05) is 17.0 Å². The summed E-state index contributed by atoms with van der Waals surface area (Å²) in [6.45, 7) is 5.76. The number of aromatic nitrogens is 4. The van der Waals surface area contributed by atoms with Gasteiger partial charge < -0.3 is 25.0 Å². The summed E-state index contributed by atoms with van der Waals surface area (Å²) < 4.78 is 43.3. The number of alkyl halides is 1. The van der Waals surface area contributed by atoms with Crippen LogP contribution in [0.4, 0.5) is 20.4 Å². The van der Waals surface area contributed by atoms with Gasteiger partial charge in [0.2, 0.25) is 5.91 Å². The highest BCUT2D eigenvalue weighted by atomic mass is 35.5. The van der Waals surface area contributed by atoms with E-state index in [-0.39, 0.29) is 54.2 Å². The number of nitrogen functional groups attached to an aromatic ring is 1. The number of anilines is 2. The van der Waals surface area contributed by atoms with E-state index in [1.165, 1.54) is 6.20 Å². The lowest BCUT2D eigenvalue weighted by molar-refractivity contribution is -0.128. The van der Waals surface area contributed by atoms with Gasteiger partial charge in [0.25, 0.3) is 0 Å². The van der Waals surface area contributed by atoms with Crippen LogP contribution in [-0.4, -0.2) is 130 Å². The normalized spacial score (nSPS) is 23.7. The van der Waals surface area contributed by atoms with Crippen LogP contribution < -0.4 is 15.4 Å². The van der Waals surface area contributed by atoms with E-state index < -0.39 is 23.6 Å². The molecule has 0 aliphatic carbocycles. The molecule has 1 amide bonds. The van der Waals surface area contributed by atoms with Gasteiger partial charge >= 0.3 is 6.01 Å². The maximum absolute atomic E-state index is 17.0. The maximum Gasteiger partial charge on any atom is 0.319 e. The Morgan fingerprint density at radius 2 is 2.00 bits per heavy atom. The van der Waals surface area contributed by atoms with Crippen LogP contribution in [0.15, 0.2) is 42.6 Å². The van der Waals surface area contributed by atoms with E-state index in [4.69, 9.17) is 31.8 Å². The van der Waals surface area contributed by atoms with Crippen LogP contribution in [0.5, 0.6) is 6.01 Å². The van der Waals surface area contributed by atoms with Crippen LogP contribution in [0.2, 0.25) is 5.02 Å². The van der Waals surface area contributed by atoms with E-state index in [0.717, 1.165) is 32.5 Å². The summed E-state index contributed by atoms with van der Waals surface area (Å²) in [6, 6.07) is 8.63. The lowest BCUT2D eigenvalue weighted by atomic mass is 9.95. The summed E-state index contributed by atoms with van der Waals surface area (Å²) in [7, 11) is 0. The molecule has 3 atom stereocenters. The highest BCUT2D eigenvalue weighted by Gasteiger charge is 2.49. The average Bonchev–Trinajstić information content (AvgIpc) is 3.70. The van der Waals surface area contributed by atoms with Crippen LogP contribution in [0.1, 0.15) is 25.7 Å². The number of ether oxygens (including phenoxy) is 2. The van der Waals surface area contributed by atoms with E-state index in [1.54, 1.807) is 29.2 Å². The number of nitrogens with zero attached hydrogens (tertiary/aromatic N) is 9. The van der Waals surface area contributed by atoms with Gasteiger partial charge in [0.1, 0.15) is 41.3 Å². The highest BCUT2D eigenvalue weighted by Crippen LogP contribution is 2.41. The first-order valence-electron chi connectivity index (χ1n) is 18.4. The lowest BCUT2D eigenvalue weighted by Gasteiger charge is -2.41. The third-order valence-electron chi connectivity index (χ3n) is 11.0. The Kier molecular flexibility index (Phi) is 10.2. The van der Waals surface area contributed by atoms with Gasteiger partial charge in [-0.05, 0) is 36.9 Å². The number of halogens is 3. The van der Waals surface area contributed by atoms with Crippen molar-refractivity contribution in [2.75, 3.05) is 82.8 Å². The van der Waals surface area contributed by atoms with Crippen molar-refractivity contribution in [3.05, 3.63) is 53.5 Å². The SMILES string of the molecule is N#CC[C@H]1CN(c2nc(OC[C@@]34CCCN3C[C@H](F)C4)nc3c(F)c(-c4nc(N)cc5cccc(Cl)c45)ncc23)CCN1C(=O)/C=C/CN1CCOCC1. The molecule has 13 nitrogen and oxygen atoms in total. The minimum Gasteiger partial charge on any atom is -0.461 e. The summed E-state index contributed by atoms with van der Waals surface area (Å²) in [6.07, 6.45) is 6.09. The summed E-state index contributed by atoms with van der Waals surface area (Å²) >= 11 is 6.61. The van der Waals surface area contributed by atoms with Gasteiger partial charge in [-0.2, -0.15) is 15.2 Å². The van der Waals surface area contributed by atoms with E-state index in [0.29, 0.717) is 72.8 Å². The molecular weight excluding hydrogens is 718 g/mol. The molecule has 4 aliphatic heterocycles. The Bertz CT molecular complexity index is 2150. The number of hydrogen-bond acceptors (Lipinski definition) is 12. The highest BCUT2D eigenvalue weighted by molar-refractivity contribution is 6.36. The number of carbonyl (C=O) groups is 1. The van der Waals surface area contributed by atoms with E-state index in [9.17, 15) is 14.4 Å². The van der Waals surface area contributed by atoms with Crippen LogP contribution in [0.25, 0.3) is 33.1 Å². The number of rotatable bonds is 9. The zero-order valence-corrected chi connectivity index (χ0v) is 30.5. The van der Waals surface area contributed by atoms with Crippen LogP contribution in [0.3, 0.4) is 0 Å². The van der Waals surface area contributed by atoms with Gasteiger partial charge in [-0.3, -0.25) is 19.6 Å². The fourth-order valence-electron chi connectivity index (χ4n) is 8.40. The number of benzene rings is 1. The van der Waals surface area contributed by atoms with Gasteiger partial charge in [0.05, 0.1) is 47.7 Å². The van der Waals surface area contributed by atoms with Gasteiger partial charge in [-0.25, -0.2) is 13.8 Å². The first-order chi connectivity index (χ1) is 26.2. The number of amides is 1. The second-order valence-electron chi connectivity index (χ2n) is 14.4. The van der Waals surface area contributed by atoms with Crippen molar-refractivity contribution in [1.82, 2.24) is 34.6 Å². The Morgan fingerprint density at radius 3 is 2.83 bits per heavy atom. The molecule has 0 unspecified atom stereocenters. The summed E-state index contributed by atoms with van der Waals surface area (Å²) in [5, 5.41) is 11.6. The van der Waals surface area contributed by atoms with Gasteiger partial charge in [-0.1, -0.05) is 29.8 Å². The molecule has 4 aromatic rings. The van der Waals surface area contributed by atoms with Crippen molar-refractivity contribution in [3.8, 4) is 23.5 Å². The molecule has 0 saturated carbocycles. The fraction of sp³-hybridized carbons (Fsp3) is 0.474. The Balaban J connectivity index is 1.15. The molecule has 4 fully saturated rings. The molecule has 54 heavy (non-hydrogen) atoms. The Morgan fingerprint density at radius 1 is 1.15 bits per heavy atom. The molecule has 4 saturated heterocycles. The van der Waals surface area contributed by atoms with Gasteiger partial charge in [0, 0.05) is 69.9 Å². The van der Waals surface area contributed by atoms with Crippen LogP contribution in [-0.2, 0) is 9.53 Å². The topological polar surface area (TPSA) is 150 Å². The molecule has 1 aromatic carbocycles. The third-order valence-corrected chi connectivity index (χ3v) is 11.4. The minimum absolute atomic E-state index is 0.0543. The second-order valence-corrected chi connectivity index (χ2v) is 14.8. The molecule has 8 rings (SSSR count). The summed E-state index contributed by atoms with van der Waals surface area (Å²) in [4.78, 5) is 39.8. The van der Waals surface area contributed by atoms with Crippen molar-refractivity contribution in [1.29, 1.82) is 5.26 Å². The van der Waals surface area contributed by atoms with Crippen molar-refractivity contribution in [2.24, 2.45) is 0 Å². The zero-order valence-electron chi connectivity index (χ0n) is 29.8. The number of piperazine rings is 1. The molecule has 0 bridgehead atoms. The molecule has 4 aliphatic rings. The standard InChI is InChI=1S/C38H41ClF2N10O3/c39-28-5-1-4-24-18-29(43)45-34(31(24)28)35-32(41)33-27(20-44-35)36(47-37(46-33)54-23-38-8-3-11-50(38)21-25(40)19-38)49-12-13-51(26(22-49)7-9-42)30(52)6-2-10-48-14-16-53-17-15-48/h1-2,4-6,18,20,25-26H,3,7-8,10-17,19,21-23H2,(H2,43,45)/b6-2+/t25-,26+,38+/m1/s1. The smallest absolute Gasteiger partial charge is 0.319 e. The molecule has 0 radical (unpaired) electrons. The lowest BCUT2D eigenvalue weighted by Crippen LogP contribution is -2.55.